The van der Waals surface area contributed by atoms with E-state index in [1.165, 1.54) is 6.07 Å². The zero-order valence-electron chi connectivity index (χ0n) is 10.3. The van der Waals surface area contributed by atoms with Gasteiger partial charge in [-0.3, -0.25) is 4.79 Å². The molecule has 0 unspecified atom stereocenters. The second-order valence-corrected chi connectivity index (χ2v) is 5.85. The fraction of sp³-hybridized carbons (Fsp3) is 0.333. The number of ether oxygens (including phenoxy) is 1. The molecule has 0 fully saturated rings. The van der Waals surface area contributed by atoms with Gasteiger partial charge in [0.15, 0.2) is 0 Å². The first-order valence-corrected chi connectivity index (χ1v) is 7.30. The smallest absolute Gasteiger partial charge is 0.446 e. The first-order valence-electron chi connectivity index (χ1n) is 5.40. The Labute approximate surface area is 131 Å². The van der Waals surface area contributed by atoms with Crippen LogP contribution in [0.3, 0.4) is 0 Å². The lowest BCUT2D eigenvalue weighted by atomic mass is 10.1. The fourth-order valence-electron chi connectivity index (χ4n) is 1.42. The lowest BCUT2D eigenvalue weighted by molar-refractivity contribution is -0.142. The van der Waals surface area contributed by atoms with E-state index in [1.807, 2.05) is 0 Å². The maximum atomic E-state index is 12.4. The van der Waals surface area contributed by atoms with Crippen molar-refractivity contribution in [3.63, 3.8) is 0 Å². The van der Waals surface area contributed by atoms with Crippen LogP contribution < -0.4 is 0 Å². The van der Waals surface area contributed by atoms with Gasteiger partial charge in [-0.1, -0.05) is 0 Å². The summed E-state index contributed by atoms with van der Waals surface area (Å²) in [7, 11) is 0. The number of carbonyl (C=O) groups excluding carboxylic acids is 1. The Kier molecular flexibility index (Phi) is 6.13. The molecule has 0 saturated heterocycles. The van der Waals surface area contributed by atoms with E-state index in [0.717, 1.165) is 6.07 Å². The molecule has 20 heavy (non-hydrogen) atoms. The number of hydrogen-bond donors (Lipinski definition) is 0. The second kappa shape index (κ2) is 7.17. The fourth-order valence-corrected chi connectivity index (χ4v) is 2.86. The van der Waals surface area contributed by atoms with Gasteiger partial charge < -0.3 is 4.74 Å². The molecule has 0 radical (unpaired) electrons. The van der Waals surface area contributed by atoms with E-state index in [0.29, 0.717) is 9.13 Å². The number of nitrogens with zero attached hydrogens (tertiary/aromatic N) is 1. The minimum Gasteiger partial charge on any atom is -0.466 e. The Hall–Kier alpha value is -0.950. The van der Waals surface area contributed by atoms with Crippen LogP contribution in [0.2, 0.25) is 0 Å². The summed E-state index contributed by atoms with van der Waals surface area (Å²) in [5, 5.41) is 8.98. The maximum Gasteiger partial charge on any atom is 0.446 e. The summed E-state index contributed by atoms with van der Waals surface area (Å²) in [6, 6.07) is 4.36. The third-order valence-electron chi connectivity index (χ3n) is 2.14. The lowest BCUT2D eigenvalue weighted by Crippen LogP contribution is -2.09. The molecule has 8 heteroatoms. The van der Waals surface area contributed by atoms with Crippen molar-refractivity contribution in [2.45, 2.75) is 23.7 Å². The average Bonchev–Trinajstić information content (AvgIpc) is 2.31. The van der Waals surface area contributed by atoms with Crippen LogP contribution in [-0.2, 0) is 16.0 Å². The molecule has 0 aliphatic heterocycles. The van der Waals surface area contributed by atoms with E-state index in [-0.39, 0.29) is 35.2 Å². The predicted molar refractivity (Wildman–Crippen MR) is 76.1 cm³/mol. The lowest BCUT2D eigenvalue weighted by Gasteiger charge is -2.11. The van der Waals surface area contributed by atoms with E-state index < -0.39 is 11.5 Å². The minimum atomic E-state index is -4.42. The Morgan fingerprint density at radius 1 is 1.50 bits per heavy atom. The number of thioether (sulfide) groups is 1. The molecule has 0 aliphatic carbocycles. The number of benzene rings is 1. The van der Waals surface area contributed by atoms with Crippen LogP contribution in [0.25, 0.3) is 0 Å². The maximum absolute atomic E-state index is 12.4. The highest BCUT2D eigenvalue weighted by atomic mass is 127. The van der Waals surface area contributed by atoms with E-state index in [2.05, 4.69) is 0 Å². The second-order valence-electron chi connectivity index (χ2n) is 3.58. The molecular weight excluding hydrogens is 406 g/mol. The molecular formula is C12H9F3INO2S. The normalized spacial score (nSPS) is 11.0. The van der Waals surface area contributed by atoms with Crippen LogP contribution in [0.1, 0.15) is 18.1 Å². The zero-order valence-corrected chi connectivity index (χ0v) is 13.2. The molecule has 1 aromatic carbocycles. The van der Waals surface area contributed by atoms with Gasteiger partial charge in [0, 0.05) is 8.47 Å². The predicted octanol–water partition coefficient (Wildman–Crippen LogP) is 3.88. The van der Waals surface area contributed by atoms with Crippen molar-refractivity contribution >= 4 is 40.3 Å². The van der Waals surface area contributed by atoms with Gasteiger partial charge in [0.1, 0.15) is 0 Å². The van der Waals surface area contributed by atoms with Crippen LogP contribution >= 0.6 is 34.4 Å². The van der Waals surface area contributed by atoms with E-state index >= 15 is 0 Å². The zero-order chi connectivity index (χ0) is 15.3. The quantitative estimate of drug-likeness (QED) is 0.426. The summed E-state index contributed by atoms with van der Waals surface area (Å²) in [4.78, 5) is 11.3. The Balaban J connectivity index is 3.08. The standard InChI is InChI=1S/C12H9F3INO2S/c1-2-19-11(18)5-7-3-9(16)10(4-8(7)6-17)20-12(13,14)15/h3-4H,2,5H2,1H3. The molecule has 0 saturated carbocycles. The highest BCUT2D eigenvalue weighted by molar-refractivity contribution is 14.1. The van der Waals surface area contributed by atoms with Crippen molar-refractivity contribution in [3.05, 3.63) is 26.8 Å². The van der Waals surface area contributed by atoms with Gasteiger partial charge in [0.25, 0.3) is 0 Å². The summed E-state index contributed by atoms with van der Waals surface area (Å²) in [6.45, 7) is 1.86. The van der Waals surface area contributed by atoms with Crippen molar-refractivity contribution in [2.24, 2.45) is 0 Å². The van der Waals surface area contributed by atoms with Crippen molar-refractivity contribution in [1.29, 1.82) is 5.26 Å². The Bertz CT molecular complexity index is 555. The summed E-state index contributed by atoms with van der Waals surface area (Å²) in [5.74, 6) is -0.518. The molecule has 3 nitrogen and oxygen atoms in total. The van der Waals surface area contributed by atoms with Crippen LogP contribution in [0.4, 0.5) is 13.2 Å². The molecule has 0 aromatic heterocycles. The topological polar surface area (TPSA) is 50.1 Å². The molecule has 108 valence electrons. The molecule has 1 rings (SSSR count). The van der Waals surface area contributed by atoms with Gasteiger partial charge in [0.2, 0.25) is 0 Å². The number of nitriles is 1. The van der Waals surface area contributed by atoms with Gasteiger partial charge in [-0.05, 0) is 59.0 Å². The van der Waals surface area contributed by atoms with E-state index in [1.54, 1.807) is 35.6 Å². The molecule has 0 atom stereocenters. The average molecular weight is 415 g/mol. The number of hydrogen-bond acceptors (Lipinski definition) is 4. The van der Waals surface area contributed by atoms with Crippen molar-refractivity contribution < 1.29 is 22.7 Å². The van der Waals surface area contributed by atoms with Gasteiger partial charge in [0.05, 0.1) is 24.7 Å². The third-order valence-corrected chi connectivity index (χ3v) is 4.19. The van der Waals surface area contributed by atoms with Gasteiger partial charge in [-0.2, -0.15) is 18.4 Å². The van der Waals surface area contributed by atoms with Crippen molar-refractivity contribution in [3.8, 4) is 6.07 Å². The number of halogens is 4. The molecule has 0 amide bonds. The van der Waals surface area contributed by atoms with E-state index in [4.69, 9.17) is 10.00 Å². The van der Waals surface area contributed by atoms with Crippen molar-refractivity contribution in [2.75, 3.05) is 6.61 Å². The van der Waals surface area contributed by atoms with Crippen LogP contribution in [0.15, 0.2) is 17.0 Å². The third kappa shape index (κ3) is 5.20. The Morgan fingerprint density at radius 2 is 2.15 bits per heavy atom. The first-order chi connectivity index (χ1) is 9.26. The van der Waals surface area contributed by atoms with Gasteiger partial charge in [-0.15, -0.1) is 0 Å². The summed E-state index contributed by atoms with van der Waals surface area (Å²) >= 11 is 1.46. The number of rotatable bonds is 4. The molecule has 0 bridgehead atoms. The van der Waals surface area contributed by atoms with Crippen molar-refractivity contribution in [1.82, 2.24) is 0 Å². The molecule has 0 N–H and O–H groups in total. The molecule has 0 heterocycles. The van der Waals surface area contributed by atoms with E-state index in [9.17, 15) is 18.0 Å². The molecule has 0 spiro atoms. The largest absolute Gasteiger partial charge is 0.466 e. The summed E-state index contributed by atoms with van der Waals surface area (Å²) < 4.78 is 42.2. The summed E-state index contributed by atoms with van der Waals surface area (Å²) in [6.07, 6.45) is -0.135. The molecule has 0 aliphatic rings. The number of alkyl halides is 3. The Morgan fingerprint density at radius 3 is 2.65 bits per heavy atom. The SMILES string of the molecule is CCOC(=O)Cc1cc(I)c(SC(F)(F)F)cc1C#N. The first kappa shape index (κ1) is 17.1. The van der Waals surface area contributed by atoms with Gasteiger partial charge in [-0.25, -0.2) is 0 Å². The van der Waals surface area contributed by atoms with Crippen LogP contribution in [0, 0.1) is 14.9 Å². The van der Waals surface area contributed by atoms with Crippen LogP contribution in [-0.4, -0.2) is 18.1 Å². The monoisotopic (exact) mass is 415 g/mol. The number of esters is 1. The summed E-state index contributed by atoms with van der Waals surface area (Å²) in [5.41, 5.74) is -4.01. The highest BCUT2D eigenvalue weighted by Gasteiger charge is 2.30. The van der Waals surface area contributed by atoms with Crippen LogP contribution in [0.5, 0.6) is 0 Å². The highest BCUT2D eigenvalue weighted by Crippen LogP contribution is 2.39. The van der Waals surface area contributed by atoms with Gasteiger partial charge >= 0.3 is 11.5 Å². The minimum absolute atomic E-state index is 0.0465. The molecule has 1 aromatic rings. The number of carbonyl (C=O) groups is 1.